The first kappa shape index (κ1) is 10.3. The Morgan fingerprint density at radius 3 is 2.50 bits per heavy atom. The Labute approximate surface area is 96.4 Å². The van der Waals surface area contributed by atoms with Crippen molar-refractivity contribution >= 4 is 0 Å². The Balaban J connectivity index is 1.69. The lowest BCUT2D eigenvalue weighted by Crippen LogP contribution is -2.46. The highest BCUT2D eigenvalue weighted by molar-refractivity contribution is 5.27. The average molecular weight is 218 g/mol. The van der Waals surface area contributed by atoms with Crippen molar-refractivity contribution in [3.8, 4) is 0 Å². The van der Waals surface area contributed by atoms with Gasteiger partial charge >= 0.3 is 0 Å². The molecule has 2 heterocycles. The van der Waals surface area contributed by atoms with Crippen molar-refractivity contribution in [1.82, 2.24) is 10.2 Å². The highest BCUT2D eigenvalue weighted by Crippen LogP contribution is 2.39. The molecule has 2 aliphatic rings. The van der Waals surface area contributed by atoms with E-state index >= 15 is 0 Å². The summed E-state index contributed by atoms with van der Waals surface area (Å²) in [5.41, 5.74) is 1.33. The molecule has 3 heteroatoms. The maximum absolute atomic E-state index is 5.72. The summed E-state index contributed by atoms with van der Waals surface area (Å²) in [6, 6.07) is 10.6. The standard InChI is InChI=1S/C13H18N2O/c1-2-4-12(5-3-1)13(11-16-13)10-15-8-6-14-7-9-15/h1-5,14H,6-11H2. The van der Waals surface area contributed by atoms with Gasteiger partial charge in [0.1, 0.15) is 5.60 Å². The van der Waals surface area contributed by atoms with Crippen LogP contribution in [-0.2, 0) is 10.3 Å². The van der Waals surface area contributed by atoms with Crippen LogP contribution < -0.4 is 5.32 Å². The van der Waals surface area contributed by atoms with E-state index in [2.05, 4.69) is 40.5 Å². The lowest BCUT2D eigenvalue weighted by atomic mass is 9.99. The highest BCUT2D eigenvalue weighted by Gasteiger charge is 2.47. The topological polar surface area (TPSA) is 27.8 Å². The number of rotatable bonds is 3. The number of ether oxygens (including phenoxy) is 1. The number of piperazine rings is 1. The second-order valence-corrected chi connectivity index (χ2v) is 4.68. The predicted molar refractivity (Wildman–Crippen MR) is 63.4 cm³/mol. The van der Waals surface area contributed by atoms with Gasteiger partial charge in [-0.1, -0.05) is 30.3 Å². The minimum Gasteiger partial charge on any atom is -0.363 e. The van der Waals surface area contributed by atoms with Crippen molar-refractivity contribution in [3.63, 3.8) is 0 Å². The van der Waals surface area contributed by atoms with Gasteiger partial charge in [0, 0.05) is 32.7 Å². The van der Waals surface area contributed by atoms with Gasteiger partial charge in [-0.2, -0.15) is 0 Å². The molecule has 1 aromatic carbocycles. The fourth-order valence-corrected chi connectivity index (χ4v) is 2.41. The van der Waals surface area contributed by atoms with Gasteiger partial charge in [-0.15, -0.1) is 0 Å². The third kappa shape index (κ3) is 1.98. The van der Waals surface area contributed by atoms with Crippen LogP contribution in [0.4, 0.5) is 0 Å². The molecule has 0 aromatic heterocycles. The van der Waals surface area contributed by atoms with Crippen molar-refractivity contribution in [2.45, 2.75) is 5.60 Å². The third-order valence-electron chi connectivity index (χ3n) is 3.48. The molecule has 0 amide bonds. The van der Waals surface area contributed by atoms with Crippen LogP contribution >= 0.6 is 0 Å². The molecule has 0 spiro atoms. The fourth-order valence-electron chi connectivity index (χ4n) is 2.41. The van der Waals surface area contributed by atoms with E-state index < -0.39 is 0 Å². The largest absolute Gasteiger partial charge is 0.363 e. The Morgan fingerprint density at radius 2 is 1.88 bits per heavy atom. The Bertz CT molecular complexity index is 342. The number of nitrogens with one attached hydrogen (secondary N) is 1. The summed E-state index contributed by atoms with van der Waals surface area (Å²) < 4.78 is 5.72. The van der Waals surface area contributed by atoms with Crippen LogP contribution in [0.5, 0.6) is 0 Å². The SMILES string of the molecule is c1ccc(C2(CN3CCNCC3)CO2)cc1. The summed E-state index contributed by atoms with van der Waals surface area (Å²) in [5, 5.41) is 3.38. The van der Waals surface area contributed by atoms with Gasteiger partial charge in [-0.25, -0.2) is 0 Å². The van der Waals surface area contributed by atoms with Crippen LogP contribution in [0.15, 0.2) is 30.3 Å². The first-order valence-corrected chi connectivity index (χ1v) is 6.02. The van der Waals surface area contributed by atoms with Crippen LogP contribution in [0.2, 0.25) is 0 Å². The molecule has 1 atom stereocenters. The first-order valence-electron chi connectivity index (χ1n) is 6.02. The third-order valence-corrected chi connectivity index (χ3v) is 3.48. The Hall–Kier alpha value is -0.900. The molecule has 1 unspecified atom stereocenters. The molecule has 0 radical (unpaired) electrons. The monoisotopic (exact) mass is 218 g/mol. The second-order valence-electron chi connectivity index (χ2n) is 4.68. The summed E-state index contributed by atoms with van der Waals surface area (Å²) in [6.07, 6.45) is 0. The molecular formula is C13H18N2O. The van der Waals surface area contributed by atoms with E-state index in [0.29, 0.717) is 0 Å². The maximum atomic E-state index is 5.72. The summed E-state index contributed by atoms with van der Waals surface area (Å²) in [5.74, 6) is 0. The fraction of sp³-hybridized carbons (Fsp3) is 0.538. The van der Waals surface area contributed by atoms with E-state index in [9.17, 15) is 0 Å². The van der Waals surface area contributed by atoms with Gasteiger partial charge < -0.3 is 10.1 Å². The van der Waals surface area contributed by atoms with Crippen LogP contribution in [-0.4, -0.2) is 44.2 Å². The van der Waals surface area contributed by atoms with Gasteiger partial charge in [-0.3, -0.25) is 4.90 Å². The molecule has 16 heavy (non-hydrogen) atoms. The van der Waals surface area contributed by atoms with Crippen LogP contribution in [0.1, 0.15) is 5.56 Å². The molecule has 0 saturated carbocycles. The van der Waals surface area contributed by atoms with Crippen molar-refractivity contribution < 1.29 is 4.74 Å². The molecule has 0 bridgehead atoms. The second kappa shape index (κ2) is 4.17. The van der Waals surface area contributed by atoms with Gasteiger partial charge in [0.25, 0.3) is 0 Å². The average Bonchev–Trinajstić information content (AvgIpc) is 3.13. The molecule has 2 saturated heterocycles. The zero-order valence-corrected chi connectivity index (χ0v) is 9.48. The highest BCUT2D eigenvalue weighted by atomic mass is 16.6. The Morgan fingerprint density at radius 1 is 1.19 bits per heavy atom. The smallest absolute Gasteiger partial charge is 0.129 e. The first-order chi connectivity index (χ1) is 7.89. The van der Waals surface area contributed by atoms with Crippen molar-refractivity contribution in [3.05, 3.63) is 35.9 Å². The summed E-state index contributed by atoms with van der Waals surface area (Å²) in [7, 11) is 0. The molecule has 1 N–H and O–H groups in total. The van der Waals surface area contributed by atoms with Crippen molar-refractivity contribution in [2.75, 3.05) is 39.3 Å². The minimum absolute atomic E-state index is 0.00139. The predicted octanol–water partition coefficient (Wildman–Crippen LogP) is 0.817. The zero-order chi connectivity index (χ0) is 10.8. The van der Waals surface area contributed by atoms with E-state index in [1.165, 1.54) is 5.56 Å². The lowest BCUT2D eigenvalue weighted by Gasteiger charge is -2.29. The molecule has 0 aliphatic carbocycles. The number of hydrogen-bond acceptors (Lipinski definition) is 3. The van der Waals surface area contributed by atoms with Crippen molar-refractivity contribution in [1.29, 1.82) is 0 Å². The van der Waals surface area contributed by atoms with E-state index in [1.807, 2.05) is 0 Å². The normalized spacial score (nSPS) is 30.2. The minimum atomic E-state index is -0.00139. The number of benzene rings is 1. The molecule has 3 nitrogen and oxygen atoms in total. The van der Waals surface area contributed by atoms with Crippen LogP contribution in [0, 0.1) is 0 Å². The molecule has 2 aliphatic heterocycles. The summed E-state index contributed by atoms with van der Waals surface area (Å²) >= 11 is 0. The van der Waals surface area contributed by atoms with Gasteiger partial charge in [-0.05, 0) is 5.56 Å². The number of nitrogens with zero attached hydrogens (tertiary/aromatic N) is 1. The van der Waals surface area contributed by atoms with Gasteiger partial charge in [0.05, 0.1) is 6.61 Å². The van der Waals surface area contributed by atoms with E-state index in [-0.39, 0.29) is 5.60 Å². The number of hydrogen-bond donors (Lipinski definition) is 1. The van der Waals surface area contributed by atoms with E-state index in [4.69, 9.17) is 4.74 Å². The molecular weight excluding hydrogens is 200 g/mol. The van der Waals surface area contributed by atoms with Gasteiger partial charge in [0.15, 0.2) is 0 Å². The molecule has 1 aromatic rings. The molecule has 2 fully saturated rings. The molecule has 86 valence electrons. The summed E-state index contributed by atoms with van der Waals surface area (Å²) in [4.78, 5) is 2.50. The Kier molecular flexibility index (Phi) is 2.67. The van der Waals surface area contributed by atoms with E-state index in [0.717, 1.165) is 39.3 Å². The van der Waals surface area contributed by atoms with Crippen molar-refractivity contribution in [2.24, 2.45) is 0 Å². The quantitative estimate of drug-likeness (QED) is 0.761. The lowest BCUT2D eigenvalue weighted by molar-refractivity contribution is 0.170. The van der Waals surface area contributed by atoms with E-state index in [1.54, 1.807) is 0 Å². The molecule has 3 rings (SSSR count). The van der Waals surface area contributed by atoms with Crippen LogP contribution in [0.25, 0.3) is 0 Å². The summed E-state index contributed by atoms with van der Waals surface area (Å²) in [6.45, 7) is 6.39. The van der Waals surface area contributed by atoms with Crippen LogP contribution in [0.3, 0.4) is 0 Å². The maximum Gasteiger partial charge on any atom is 0.129 e. The van der Waals surface area contributed by atoms with Gasteiger partial charge in [0.2, 0.25) is 0 Å². The number of epoxide rings is 1. The zero-order valence-electron chi connectivity index (χ0n) is 9.48.